The van der Waals surface area contributed by atoms with Gasteiger partial charge in [-0.25, -0.2) is 4.98 Å². The van der Waals surface area contributed by atoms with E-state index in [4.69, 9.17) is 4.98 Å². The first-order valence-corrected chi connectivity index (χ1v) is 9.99. The van der Waals surface area contributed by atoms with Crippen molar-refractivity contribution in [1.82, 2.24) is 14.9 Å². The lowest BCUT2D eigenvalue weighted by molar-refractivity contribution is -0.120. The van der Waals surface area contributed by atoms with Crippen LogP contribution in [0.25, 0.3) is 11.0 Å². The molecule has 0 bridgehead atoms. The lowest BCUT2D eigenvalue weighted by Crippen LogP contribution is -2.28. The number of fused-ring (bicyclic) bond motifs is 1. The van der Waals surface area contributed by atoms with Gasteiger partial charge in [-0.1, -0.05) is 72.3 Å². The zero-order valence-electron chi connectivity index (χ0n) is 16.6. The summed E-state index contributed by atoms with van der Waals surface area (Å²) in [5, 5.41) is 3.03. The van der Waals surface area contributed by atoms with Gasteiger partial charge in [-0.15, -0.1) is 0 Å². The number of para-hydroxylation sites is 2. The van der Waals surface area contributed by atoms with E-state index < -0.39 is 0 Å². The summed E-state index contributed by atoms with van der Waals surface area (Å²) in [5.41, 5.74) is 5.64. The van der Waals surface area contributed by atoms with Gasteiger partial charge in [0.1, 0.15) is 5.82 Å². The second-order valence-electron chi connectivity index (χ2n) is 7.35. The van der Waals surface area contributed by atoms with Crippen molar-refractivity contribution >= 4 is 16.9 Å². The molecule has 4 rings (SSSR count). The number of nitrogens with zero attached hydrogens (tertiary/aromatic N) is 2. The Morgan fingerprint density at radius 3 is 2.41 bits per heavy atom. The molecule has 0 fully saturated rings. The Hall–Kier alpha value is -3.40. The lowest BCUT2D eigenvalue weighted by atomic mass is 10.1. The summed E-state index contributed by atoms with van der Waals surface area (Å²) < 4.78 is 2.25. The minimum Gasteiger partial charge on any atom is -0.355 e. The molecule has 0 unspecified atom stereocenters. The third kappa shape index (κ3) is 4.72. The standard InChI is InChI=1S/C25H25N3O/c1-19-11-13-21(14-12-19)18-28-23-10-6-5-9-22(23)27-24(28)15-16-26-25(29)17-20-7-3-2-4-8-20/h2-14H,15-18H2,1H3,(H,26,29). The van der Waals surface area contributed by atoms with Crippen LogP contribution in [0.5, 0.6) is 0 Å². The third-order valence-electron chi connectivity index (χ3n) is 5.07. The van der Waals surface area contributed by atoms with Gasteiger partial charge in [0, 0.05) is 19.5 Å². The monoisotopic (exact) mass is 383 g/mol. The first-order valence-electron chi connectivity index (χ1n) is 9.99. The molecule has 0 radical (unpaired) electrons. The molecular formula is C25H25N3O. The highest BCUT2D eigenvalue weighted by Gasteiger charge is 2.11. The van der Waals surface area contributed by atoms with Crippen LogP contribution in [0.15, 0.2) is 78.9 Å². The summed E-state index contributed by atoms with van der Waals surface area (Å²) in [5.74, 6) is 1.03. The van der Waals surface area contributed by atoms with Crippen molar-refractivity contribution in [2.75, 3.05) is 6.54 Å². The number of carbonyl (C=O) groups is 1. The van der Waals surface area contributed by atoms with Crippen LogP contribution in [0.3, 0.4) is 0 Å². The fraction of sp³-hybridized carbons (Fsp3) is 0.200. The molecule has 4 aromatic rings. The Balaban J connectivity index is 1.46. The van der Waals surface area contributed by atoms with Crippen LogP contribution < -0.4 is 5.32 Å². The van der Waals surface area contributed by atoms with Crippen molar-refractivity contribution in [2.24, 2.45) is 0 Å². The van der Waals surface area contributed by atoms with Crippen LogP contribution in [0.2, 0.25) is 0 Å². The average Bonchev–Trinajstić information content (AvgIpc) is 3.08. The molecule has 4 nitrogen and oxygen atoms in total. The van der Waals surface area contributed by atoms with Crippen molar-refractivity contribution in [2.45, 2.75) is 26.3 Å². The predicted octanol–water partition coefficient (Wildman–Crippen LogP) is 4.29. The number of aromatic nitrogens is 2. The Labute approximate surface area is 171 Å². The maximum absolute atomic E-state index is 12.2. The lowest BCUT2D eigenvalue weighted by Gasteiger charge is -2.11. The van der Waals surface area contributed by atoms with Gasteiger partial charge in [0.25, 0.3) is 0 Å². The number of hydrogen-bond donors (Lipinski definition) is 1. The molecule has 0 spiro atoms. The van der Waals surface area contributed by atoms with Crippen molar-refractivity contribution in [3.63, 3.8) is 0 Å². The fourth-order valence-corrected chi connectivity index (χ4v) is 3.53. The van der Waals surface area contributed by atoms with Crippen LogP contribution in [0, 0.1) is 6.92 Å². The number of rotatable bonds is 7. The number of amides is 1. The molecule has 1 heterocycles. The molecule has 1 N–H and O–H groups in total. The minimum atomic E-state index is 0.0393. The molecule has 0 aliphatic rings. The third-order valence-corrected chi connectivity index (χ3v) is 5.07. The molecule has 0 saturated heterocycles. The van der Waals surface area contributed by atoms with Gasteiger partial charge in [-0.3, -0.25) is 4.79 Å². The number of carbonyl (C=O) groups excluding carboxylic acids is 1. The summed E-state index contributed by atoms with van der Waals surface area (Å²) in [6.07, 6.45) is 1.10. The van der Waals surface area contributed by atoms with Gasteiger partial charge >= 0.3 is 0 Å². The molecule has 4 heteroatoms. The Morgan fingerprint density at radius 1 is 0.897 bits per heavy atom. The molecule has 146 valence electrons. The van der Waals surface area contributed by atoms with E-state index in [1.54, 1.807) is 0 Å². The SMILES string of the molecule is Cc1ccc(Cn2c(CCNC(=O)Cc3ccccc3)nc3ccccc32)cc1. The van der Waals surface area contributed by atoms with Gasteiger partial charge in [-0.2, -0.15) is 0 Å². The Morgan fingerprint density at radius 2 is 1.62 bits per heavy atom. The second-order valence-corrected chi connectivity index (χ2v) is 7.35. The molecule has 1 aromatic heterocycles. The van der Waals surface area contributed by atoms with E-state index in [1.807, 2.05) is 48.5 Å². The second kappa shape index (κ2) is 8.74. The molecule has 0 aliphatic carbocycles. The molecule has 3 aromatic carbocycles. The fourth-order valence-electron chi connectivity index (χ4n) is 3.53. The van der Waals surface area contributed by atoms with E-state index >= 15 is 0 Å². The number of imidazole rings is 1. The maximum Gasteiger partial charge on any atom is 0.224 e. The largest absolute Gasteiger partial charge is 0.355 e. The van der Waals surface area contributed by atoms with Crippen LogP contribution in [-0.2, 0) is 24.2 Å². The first kappa shape index (κ1) is 18.9. The van der Waals surface area contributed by atoms with Crippen LogP contribution in [-0.4, -0.2) is 22.0 Å². The summed E-state index contributed by atoms with van der Waals surface area (Å²) in [6, 6.07) is 26.6. The topological polar surface area (TPSA) is 46.9 Å². The molecule has 29 heavy (non-hydrogen) atoms. The Kier molecular flexibility index (Phi) is 5.71. The minimum absolute atomic E-state index is 0.0393. The number of aryl methyl sites for hydroxylation is 1. The van der Waals surface area contributed by atoms with Crippen LogP contribution >= 0.6 is 0 Å². The van der Waals surface area contributed by atoms with Crippen molar-refractivity contribution in [1.29, 1.82) is 0 Å². The van der Waals surface area contributed by atoms with Crippen molar-refractivity contribution in [3.8, 4) is 0 Å². The van der Waals surface area contributed by atoms with Gasteiger partial charge < -0.3 is 9.88 Å². The van der Waals surface area contributed by atoms with E-state index in [1.165, 1.54) is 11.1 Å². The quantitative estimate of drug-likeness (QED) is 0.517. The zero-order valence-corrected chi connectivity index (χ0v) is 16.6. The molecule has 0 aliphatic heterocycles. The zero-order chi connectivity index (χ0) is 20.1. The van der Waals surface area contributed by atoms with E-state index in [0.29, 0.717) is 19.4 Å². The van der Waals surface area contributed by atoms with E-state index in [2.05, 4.69) is 47.1 Å². The Bertz CT molecular complexity index is 1100. The van der Waals surface area contributed by atoms with Crippen molar-refractivity contribution in [3.05, 3.63) is 101 Å². The summed E-state index contributed by atoms with van der Waals surface area (Å²) in [4.78, 5) is 17.1. The van der Waals surface area contributed by atoms with Gasteiger partial charge in [0.15, 0.2) is 0 Å². The average molecular weight is 383 g/mol. The molecular weight excluding hydrogens is 358 g/mol. The van der Waals surface area contributed by atoms with Gasteiger partial charge in [0.2, 0.25) is 5.91 Å². The van der Waals surface area contributed by atoms with E-state index in [9.17, 15) is 4.79 Å². The van der Waals surface area contributed by atoms with E-state index in [0.717, 1.165) is 29.0 Å². The van der Waals surface area contributed by atoms with Gasteiger partial charge in [0.05, 0.1) is 17.5 Å². The van der Waals surface area contributed by atoms with Crippen molar-refractivity contribution < 1.29 is 4.79 Å². The molecule has 0 atom stereocenters. The smallest absolute Gasteiger partial charge is 0.224 e. The van der Waals surface area contributed by atoms with E-state index in [-0.39, 0.29) is 5.91 Å². The highest BCUT2D eigenvalue weighted by atomic mass is 16.1. The number of benzene rings is 3. The summed E-state index contributed by atoms with van der Waals surface area (Å²) >= 11 is 0. The number of hydrogen-bond acceptors (Lipinski definition) is 2. The van der Waals surface area contributed by atoms with Crippen LogP contribution in [0.1, 0.15) is 22.5 Å². The molecule has 0 saturated carbocycles. The first-order chi connectivity index (χ1) is 14.2. The number of nitrogens with one attached hydrogen (secondary N) is 1. The highest BCUT2D eigenvalue weighted by molar-refractivity contribution is 5.78. The highest BCUT2D eigenvalue weighted by Crippen LogP contribution is 2.18. The summed E-state index contributed by atoms with van der Waals surface area (Å²) in [6.45, 7) is 3.44. The normalized spacial score (nSPS) is 10.9. The summed E-state index contributed by atoms with van der Waals surface area (Å²) in [7, 11) is 0. The maximum atomic E-state index is 12.2. The van der Waals surface area contributed by atoms with Gasteiger partial charge in [-0.05, 0) is 30.2 Å². The molecule has 1 amide bonds. The van der Waals surface area contributed by atoms with Crippen LogP contribution in [0.4, 0.5) is 0 Å². The predicted molar refractivity (Wildman–Crippen MR) is 117 cm³/mol.